The molecule has 0 spiro atoms. The van der Waals surface area contributed by atoms with E-state index < -0.39 is 0 Å². The first-order valence-corrected chi connectivity index (χ1v) is 8.35. The molecule has 3 rings (SSSR count). The summed E-state index contributed by atoms with van der Waals surface area (Å²) in [6.07, 6.45) is 3.70. The lowest BCUT2D eigenvalue weighted by Gasteiger charge is -2.32. The largest absolute Gasteiger partial charge is 0.368 e. The van der Waals surface area contributed by atoms with Crippen molar-refractivity contribution in [3.63, 3.8) is 0 Å². The van der Waals surface area contributed by atoms with E-state index >= 15 is 0 Å². The molecule has 7 nitrogen and oxygen atoms in total. The summed E-state index contributed by atoms with van der Waals surface area (Å²) in [4.78, 5) is 2.44. The number of rotatable bonds is 5. The molecule has 0 saturated carbocycles. The zero-order valence-corrected chi connectivity index (χ0v) is 14.5. The number of morpholine rings is 1. The maximum atomic E-state index is 5.90. The van der Waals surface area contributed by atoms with E-state index in [2.05, 4.69) is 34.0 Å². The summed E-state index contributed by atoms with van der Waals surface area (Å²) in [6, 6.07) is 0. The zero-order valence-electron chi connectivity index (χ0n) is 14.5. The molecule has 1 aliphatic rings. The van der Waals surface area contributed by atoms with E-state index in [1.54, 1.807) is 6.33 Å². The number of ether oxygens (including phenoxy) is 1. The van der Waals surface area contributed by atoms with Crippen LogP contribution < -0.4 is 0 Å². The molecule has 2 aromatic heterocycles. The summed E-state index contributed by atoms with van der Waals surface area (Å²) in [7, 11) is 4.01. The van der Waals surface area contributed by atoms with Crippen molar-refractivity contribution in [1.82, 2.24) is 29.4 Å². The Morgan fingerprint density at radius 1 is 1.26 bits per heavy atom. The van der Waals surface area contributed by atoms with Gasteiger partial charge in [0.1, 0.15) is 12.4 Å². The van der Waals surface area contributed by atoms with E-state index in [1.165, 1.54) is 17.0 Å². The molecule has 1 atom stereocenters. The van der Waals surface area contributed by atoms with Crippen molar-refractivity contribution in [3.05, 3.63) is 29.1 Å². The minimum atomic E-state index is -0.0110. The molecule has 3 heterocycles. The van der Waals surface area contributed by atoms with Gasteiger partial charge in [-0.15, -0.1) is 10.2 Å². The van der Waals surface area contributed by atoms with Crippen molar-refractivity contribution in [2.75, 3.05) is 19.7 Å². The molecular formula is C16H26N6O. The van der Waals surface area contributed by atoms with Crippen LogP contribution in [-0.4, -0.2) is 49.1 Å². The van der Waals surface area contributed by atoms with E-state index in [0.717, 1.165) is 44.9 Å². The van der Waals surface area contributed by atoms with Crippen LogP contribution >= 0.6 is 0 Å². The van der Waals surface area contributed by atoms with Crippen LogP contribution in [-0.2, 0) is 38.2 Å². The normalized spacial score (nSPS) is 19.4. The Labute approximate surface area is 137 Å². The van der Waals surface area contributed by atoms with Crippen LogP contribution in [0, 0.1) is 0 Å². The standard InChI is InChI=1S/C16H26N6O/c1-5-13-12(14(6-2)21(4)19-13)9-22-7-8-23-15(10-22)16-18-17-11-20(16)3/h11,15H,5-10H2,1-4H3. The fraction of sp³-hybridized carbons (Fsp3) is 0.688. The summed E-state index contributed by atoms with van der Waals surface area (Å²) in [5, 5.41) is 12.8. The molecule has 1 saturated heterocycles. The first-order chi connectivity index (χ1) is 11.1. The first kappa shape index (κ1) is 16.1. The van der Waals surface area contributed by atoms with Gasteiger partial charge in [0.15, 0.2) is 5.82 Å². The molecule has 2 aromatic rings. The molecule has 0 bridgehead atoms. The van der Waals surface area contributed by atoms with Crippen LogP contribution in [0.15, 0.2) is 6.33 Å². The molecule has 7 heteroatoms. The number of aromatic nitrogens is 5. The topological polar surface area (TPSA) is 61.0 Å². The average Bonchev–Trinajstić information content (AvgIpc) is 3.11. The second-order valence-electron chi connectivity index (χ2n) is 6.10. The van der Waals surface area contributed by atoms with Crippen molar-refractivity contribution < 1.29 is 4.74 Å². The Hall–Kier alpha value is -1.73. The first-order valence-electron chi connectivity index (χ1n) is 8.35. The van der Waals surface area contributed by atoms with Crippen molar-refractivity contribution in [3.8, 4) is 0 Å². The maximum absolute atomic E-state index is 5.90. The lowest BCUT2D eigenvalue weighted by Crippen LogP contribution is -2.39. The molecule has 0 aliphatic carbocycles. The third kappa shape index (κ3) is 3.16. The number of aryl methyl sites for hydroxylation is 3. The van der Waals surface area contributed by atoms with Crippen LogP contribution in [0.25, 0.3) is 0 Å². The summed E-state index contributed by atoms with van der Waals surface area (Å²) < 4.78 is 9.88. The summed E-state index contributed by atoms with van der Waals surface area (Å²) in [5.74, 6) is 0.896. The summed E-state index contributed by atoms with van der Waals surface area (Å²) in [6.45, 7) is 7.80. The van der Waals surface area contributed by atoms with E-state index in [9.17, 15) is 0 Å². The number of nitrogens with zero attached hydrogens (tertiary/aromatic N) is 6. The van der Waals surface area contributed by atoms with Gasteiger partial charge < -0.3 is 9.30 Å². The molecule has 1 fully saturated rings. The highest BCUT2D eigenvalue weighted by Gasteiger charge is 2.27. The molecule has 0 radical (unpaired) electrons. The van der Waals surface area contributed by atoms with Gasteiger partial charge in [0, 0.05) is 45.0 Å². The van der Waals surface area contributed by atoms with Crippen molar-refractivity contribution in [2.24, 2.45) is 14.1 Å². The molecule has 126 valence electrons. The van der Waals surface area contributed by atoms with Crippen LogP contribution in [0.4, 0.5) is 0 Å². The Bertz CT molecular complexity index is 662. The Kier molecular flexibility index (Phi) is 4.77. The van der Waals surface area contributed by atoms with Crippen LogP contribution in [0.1, 0.15) is 42.7 Å². The van der Waals surface area contributed by atoms with Crippen molar-refractivity contribution in [2.45, 2.75) is 39.3 Å². The third-order valence-electron chi connectivity index (χ3n) is 4.59. The van der Waals surface area contributed by atoms with Gasteiger partial charge in [-0.3, -0.25) is 9.58 Å². The minimum absolute atomic E-state index is 0.0110. The molecule has 0 N–H and O–H groups in total. The molecule has 0 amide bonds. The maximum Gasteiger partial charge on any atom is 0.163 e. The Morgan fingerprint density at radius 2 is 2.09 bits per heavy atom. The predicted molar refractivity (Wildman–Crippen MR) is 86.9 cm³/mol. The van der Waals surface area contributed by atoms with E-state index in [1.807, 2.05) is 23.3 Å². The smallest absolute Gasteiger partial charge is 0.163 e. The van der Waals surface area contributed by atoms with E-state index in [4.69, 9.17) is 4.74 Å². The van der Waals surface area contributed by atoms with Gasteiger partial charge in [-0.25, -0.2) is 0 Å². The van der Waals surface area contributed by atoms with Gasteiger partial charge in [-0.1, -0.05) is 13.8 Å². The Balaban J connectivity index is 1.77. The van der Waals surface area contributed by atoms with Gasteiger partial charge >= 0.3 is 0 Å². The van der Waals surface area contributed by atoms with Crippen LogP contribution in [0.3, 0.4) is 0 Å². The lowest BCUT2D eigenvalue weighted by molar-refractivity contribution is -0.0387. The minimum Gasteiger partial charge on any atom is -0.368 e. The van der Waals surface area contributed by atoms with Gasteiger partial charge in [0.25, 0.3) is 0 Å². The highest BCUT2D eigenvalue weighted by atomic mass is 16.5. The van der Waals surface area contributed by atoms with Gasteiger partial charge in [0.2, 0.25) is 0 Å². The van der Waals surface area contributed by atoms with Crippen LogP contribution in [0.2, 0.25) is 0 Å². The second-order valence-corrected chi connectivity index (χ2v) is 6.10. The summed E-state index contributed by atoms with van der Waals surface area (Å²) in [5.41, 5.74) is 3.94. The molecule has 0 aromatic carbocycles. The number of hydrogen-bond acceptors (Lipinski definition) is 5. The van der Waals surface area contributed by atoms with Gasteiger partial charge in [0.05, 0.1) is 12.3 Å². The highest BCUT2D eigenvalue weighted by molar-refractivity contribution is 5.26. The van der Waals surface area contributed by atoms with E-state index in [-0.39, 0.29) is 6.10 Å². The number of hydrogen-bond donors (Lipinski definition) is 0. The fourth-order valence-corrected chi connectivity index (χ4v) is 3.38. The van der Waals surface area contributed by atoms with Crippen molar-refractivity contribution >= 4 is 0 Å². The molecule has 23 heavy (non-hydrogen) atoms. The molecule has 1 unspecified atom stereocenters. The second kappa shape index (κ2) is 6.80. The van der Waals surface area contributed by atoms with E-state index in [0.29, 0.717) is 0 Å². The fourth-order valence-electron chi connectivity index (χ4n) is 3.38. The molecule has 1 aliphatic heterocycles. The monoisotopic (exact) mass is 318 g/mol. The third-order valence-corrected chi connectivity index (χ3v) is 4.59. The summed E-state index contributed by atoms with van der Waals surface area (Å²) >= 11 is 0. The lowest BCUT2D eigenvalue weighted by atomic mass is 10.1. The predicted octanol–water partition coefficient (Wildman–Crippen LogP) is 1.25. The van der Waals surface area contributed by atoms with Crippen molar-refractivity contribution in [1.29, 1.82) is 0 Å². The van der Waals surface area contributed by atoms with Gasteiger partial charge in [-0.05, 0) is 12.8 Å². The van der Waals surface area contributed by atoms with Crippen LogP contribution in [0.5, 0.6) is 0 Å². The zero-order chi connectivity index (χ0) is 16.4. The molecular weight excluding hydrogens is 292 g/mol. The quantitative estimate of drug-likeness (QED) is 0.830. The highest BCUT2D eigenvalue weighted by Crippen LogP contribution is 2.24. The SMILES string of the molecule is CCc1nn(C)c(CC)c1CN1CCOC(c2nncn2C)C1. The van der Waals surface area contributed by atoms with Gasteiger partial charge in [-0.2, -0.15) is 5.10 Å². The average molecular weight is 318 g/mol. The Morgan fingerprint density at radius 3 is 2.74 bits per heavy atom.